The minimum absolute atomic E-state index is 0.0933. The van der Waals surface area contributed by atoms with Crippen molar-refractivity contribution in [1.82, 2.24) is 9.55 Å². The number of fused-ring (bicyclic) bond motifs is 1. The summed E-state index contributed by atoms with van der Waals surface area (Å²) >= 11 is 1.39. The van der Waals surface area contributed by atoms with Gasteiger partial charge in [0.2, 0.25) is 0 Å². The van der Waals surface area contributed by atoms with Gasteiger partial charge in [-0.05, 0) is 48.0 Å². The van der Waals surface area contributed by atoms with Gasteiger partial charge >= 0.3 is 0 Å². The maximum absolute atomic E-state index is 12.8. The van der Waals surface area contributed by atoms with Crippen LogP contribution in [0.5, 0.6) is 11.5 Å². The maximum atomic E-state index is 12.8. The number of hydrogen-bond donors (Lipinski definition) is 1. The largest absolute Gasteiger partial charge is 0.497 e. The molecule has 0 spiro atoms. The van der Waals surface area contributed by atoms with Crippen molar-refractivity contribution in [3.63, 3.8) is 0 Å². The number of aliphatic hydroxyl groups excluding tert-OH is 1. The molecule has 0 fully saturated rings. The minimum Gasteiger partial charge on any atom is -0.497 e. The van der Waals surface area contributed by atoms with Crippen LogP contribution in [0.4, 0.5) is 0 Å². The maximum Gasteiger partial charge on any atom is 0.271 e. The molecule has 6 nitrogen and oxygen atoms in total. The van der Waals surface area contributed by atoms with E-state index in [0.29, 0.717) is 16.0 Å². The molecule has 0 aliphatic carbocycles. The van der Waals surface area contributed by atoms with Crippen molar-refractivity contribution in [3.8, 4) is 21.9 Å². The third kappa shape index (κ3) is 4.31. The molecule has 148 valence electrons. The first-order valence-electron chi connectivity index (χ1n) is 9.13. The predicted octanol–water partition coefficient (Wildman–Crippen LogP) is 3.57. The molecular weight excluding hydrogens is 388 g/mol. The van der Waals surface area contributed by atoms with Crippen molar-refractivity contribution >= 4 is 21.6 Å². The Kier molecular flexibility index (Phi) is 5.59. The highest BCUT2D eigenvalue weighted by molar-refractivity contribution is 7.22. The van der Waals surface area contributed by atoms with E-state index in [4.69, 9.17) is 9.47 Å². The predicted molar refractivity (Wildman–Crippen MR) is 114 cm³/mol. The van der Waals surface area contributed by atoms with Gasteiger partial charge < -0.3 is 14.6 Å². The van der Waals surface area contributed by atoms with E-state index in [1.807, 2.05) is 60.7 Å². The van der Waals surface area contributed by atoms with Crippen LogP contribution in [0.15, 0.2) is 71.8 Å². The van der Waals surface area contributed by atoms with Crippen LogP contribution in [0.3, 0.4) is 0 Å². The molecule has 29 heavy (non-hydrogen) atoms. The lowest BCUT2D eigenvalue weighted by atomic mass is 10.2. The molecular formula is C22H20N2O4S. The van der Waals surface area contributed by atoms with E-state index in [1.165, 1.54) is 22.2 Å². The molecule has 2 heterocycles. The molecule has 0 bridgehead atoms. The average Bonchev–Trinajstić information content (AvgIpc) is 3.20. The van der Waals surface area contributed by atoms with Gasteiger partial charge in [0.25, 0.3) is 5.56 Å². The zero-order valence-electron chi connectivity index (χ0n) is 15.8. The molecule has 0 saturated carbocycles. The summed E-state index contributed by atoms with van der Waals surface area (Å²) in [4.78, 5) is 18.2. The molecule has 4 aromatic rings. The average molecular weight is 408 g/mol. The topological polar surface area (TPSA) is 73.6 Å². The first-order valence-corrected chi connectivity index (χ1v) is 9.95. The lowest BCUT2D eigenvalue weighted by molar-refractivity contribution is 0.0915. The van der Waals surface area contributed by atoms with Crippen LogP contribution in [-0.2, 0) is 6.54 Å². The number of benzene rings is 2. The normalized spacial score (nSPS) is 12.1. The summed E-state index contributed by atoms with van der Waals surface area (Å²) in [6.45, 7) is 0.209. The lowest BCUT2D eigenvalue weighted by Crippen LogP contribution is -2.30. The molecule has 0 unspecified atom stereocenters. The number of methoxy groups -OCH3 is 1. The van der Waals surface area contributed by atoms with Crippen LogP contribution < -0.4 is 15.0 Å². The highest BCUT2D eigenvalue weighted by Gasteiger charge is 2.13. The third-order valence-corrected chi connectivity index (χ3v) is 5.63. The highest BCUT2D eigenvalue weighted by Crippen LogP contribution is 2.31. The van der Waals surface area contributed by atoms with Gasteiger partial charge in [-0.2, -0.15) is 0 Å². The third-order valence-electron chi connectivity index (χ3n) is 4.47. The van der Waals surface area contributed by atoms with E-state index >= 15 is 0 Å². The van der Waals surface area contributed by atoms with Crippen molar-refractivity contribution in [1.29, 1.82) is 0 Å². The van der Waals surface area contributed by atoms with E-state index in [9.17, 15) is 9.90 Å². The molecule has 0 saturated heterocycles. The Hall–Kier alpha value is -3.16. The van der Waals surface area contributed by atoms with Crippen LogP contribution in [-0.4, -0.2) is 34.5 Å². The van der Waals surface area contributed by atoms with Gasteiger partial charge in [-0.25, -0.2) is 4.98 Å². The summed E-state index contributed by atoms with van der Waals surface area (Å²) in [6.07, 6.45) is 0.647. The first kappa shape index (κ1) is 19.2. The van der Waals surface area contributed by atoms with Gasteiger partial charge in [-0.3, -0.25) is 9.36 Å². The molecule has 4 rings (SSSR count). The molecule has 1 N–H and O–H groups in total. The number of hydrogen-bond acceptors (Lipinski definition) is 6. The molecule has 1 atom stereocenters. The van der Waals surface area contributed by atoms with Crippen LogP contribution in [0.25, 0.3) is 20.7 Å². The van der Waals surface area contributed by atoms with Gasteiger partial charge in [0.1, 0.15) is 28.9 Å². The monoisotopic (exact) mass is 408 g/mol. The molecule has 0 amide bonds. The number of thiophene rings is 1. The quantitative estimate of drug-likeness (QED) is 0.506. The van der Waals surface area contributed by atoms with Gasteiger partial charge in [0, 0.05) is 4.88 Å². The second-order valence-electron chi connectivity index (χ2n) is 6.53. The number of aromatic nitrogens is 2. The number of para-hydroxylation sites is 1. The van der Waals surface area contributed by atoms with E-state index in [2.05, 4.69) is 4.98 Å². The Morgan fingerprint density at radius 3 is 2.59 bits per heavy atom. The summed E-state index contributed by atoms with van der Waals surface area (Å²) in [5, 5.41) is 10.3. The summed E-state index contributed by atoms with van der Waals surface area (Å²) in [5.41, 5.74) is 1.48. The highest BCUT2D eigenvalue weighted by atomic mass is 32.1. The smallest absolute Gasteiger partial charge is 0.271 e. The van der Waals surface area contributed by atoms with Crippen molar-refractivity contribution in [2.45, 2.75) is 12.6 Å². The molecule has 2 aromatic heterocycles. The fraction of sp³-hybridized carbons (Fsp3) is 0.182. The van der Waals surface area contributed by atoms with Crippen molar-refractivity contribution in [2.75, 3.05) is 13.7 Å². The lowest BCUT2D eigenvalue weighted by Gasteiger charge is -2.13. The zero-order valence-corrected chi connectivity index (χ0v) is 16.6. The fourth-order valence-corrected chi connectivity index (χ4v) is 4.03. The van der Waals surface area contributed by atoms with E-state index in [0.717, 1.165) is 16.2 Å². The van der Waals surface area contributed by atoms with E-state index in [1.54, 1.807) is 7.11 Å². The standard InChI is InChI=1S/C22H20N2O4S/c1-27-17-9-7-15(8-10-17)20-11-19-21(29-20)22(26)24(14-23-19)12-16(25)13-28-18-5-3-2-4-6-18/h2-11,14,16,25H,12-13H2,1H3/t16-/m1/s1. The van der Waals surface area contributed by atoms with Gasteiger partial charge in [0.15, 0.2) is 0 Å². The number of rotatable bonds is 7. The molecule has 7 heteroatoms. The second kappa shape index (κ2) is 8.46. The van der Waals surface area contributed by atoms with Crippen LogP contribution >= 0.6 is 11.3 Å². The molecule has 0 radical (unpaired) electrons. The number of nitrogens with zero attached hydrogens (tertiary/aromatic N) is 2. The van der Waals surface area contributed by atoms with Crippen LogP contribution in [0.1, 0.15) is 0 Å². The Bertz CT molecular complexity index is 1150. The van der Waals surface area contributed by atoms with Gasteiger partial charge in [-0.15, -0.1) is 11.3 Å². The van der Waals surface area contributed by atoms with E-state index in [-0.39, 0.29) is 18.7 Å². The van der Waals surface area contributed by atoms with Crippen molar-refractivity contribution in [3.05, 3.63) is 77.3 Å². The summed E-state index contributed by atoms with van der Waals surface area (Å²) in [7, 11) is 1.63. The zero-order chi connectivity index (χ0) is 20.2. The Morgan fingerprint density at radius 2 is 1.86 bits per heavy atom. The summed E-state index contributed by atoms with van der Waals surface area (Å²) in [5.74, 6) is 1.46. The van der Waals surface area contributed by atoms with Crippen LogP contribution in [0.2, 0.25) is 0 Å². The molecule has 2 aromatic carbocycles. The summed E-state index contributed by atoms with van der Waals surface area (Å²) in [6, 6.07) is 18.8. The molecule has 0 aliphatic heterocycles. The Morgan fingerprint density at radius 1 is 1.10 bits per heavy atom. The Balaban J connectivity index is 1.51. The van der Waals surface area contributed by atoms with Gasteiger partial charge in [-0.1, -0.05) is 18.2 Å². The summed E-state index contributed by atoms with van der Waals surface area (Å²) < 4.78 is 12.7. The Labute approximate surface area is 171 Å². The molecule has 0 aliphatic rings. The fourth-order valence-electron chi connectivity index (χ4n) is 2.96. The second-order valence-corrected chi connectivity index (χ2v) is 7.59. The van der Waals surface area contributed by atoms with Crippen LogP contribution in [0, 0.1) is 0 Å². The van der Waals surface area contributed by atoms with Crippen molar-refractivity contribution < 1.29 is 14.6 Å². The number of aliphatic hydroxyl groups is 1. The van der Waals surface area contributed by atoms with E-state index < -0.39 is 6.10 Å². The first-order chi connectivity index (χ1) is 14.1. The minimum atomic E-state index is -0.826. The number of ether oxygens (including phenoxy) is 2. The van der Waals surface area contributed by atoms with Gasteiger partial charge in [0.05, 0.1) is 25.5 Å². The van der Waals surface area contributed by atoms with Crippen molar-refractivity contribution in [2.24, 2.45) is 0 Å². The SMILES string of the molecule is COc1ccc(-c2cc3ncn(C[C@@H](O)COc4ccccc4)c(=O)c3s2)cc1.